The van der Waals surface area contributed by atoms with Crippen LogP contribution in [0.1, 0.15) is 5.56 Å². The van der Waals surface area contributed by atoms with Crippen molar-refractivity contribution in [3.8, 4) is 0 Å². The van der Waals surface area contributed by atoms with Gasteiger partial charge in [0.15, 0.2) is 0 Å². The highest BCUT2D eigenvalue weighted by atomic mass is 79.9. The minimum absolute atomic E-state index is 0.238. The molecule has 1 N–H and O–H groups in total. The monoisotopic (exact) mass is 409 g/mol. The van der Waals surface area contributed by atoms with E-state index in [1.54, 1.807) is 12.1 Å². The van der Waals surface area contributed by atoms with E-state index < -0.39 is 5.82 Å². The fourth-order valence-corrected chi connectivity index (χ4v) is 2.94. The van der Waals surface area contributed by atoms with Crippen molar-refractivity contribution in [2.24, 2.45) is 0 Å². The molecule has 2 rings (SSSR count). The Hall–Kier alpha value is -0.650. The van der Waals surface area contributed by atoms with Crippen LogP contribution in [-0.4, -0.2) is 0 Å². The average Bonchev–Trinajstić information content (AvgIpc) is 2.32. The van der Waals surface area contributed by atoms with E-state index >= 15 is 0 Å². The molecule has 0 heterocycles. The van der Waals surface area contributed by atoms with Crippen LogP contribution in [0.15, 0.2) is 39.3 Å². The lowest BCUT2D eigenvalue weighted by molar-refractivity contribution is 0.612. The van der Waals surface area contributed by atoms with E-state index in [0.717, 1.165) is 4.47 Å². The van der Waals surface area contributed by atoms with Crippen LogP contribution in [-0.2, 0) is 6.54 Å². The summed E-state index contributed by atoms with van der Waals surface area (Å²) in [6.45, 7) is 0.245. The Balaban J connectivity index is 2.21. The van der Waals surface area contributed by atoms with Crippen LogP contribution in [0.25, 0.3) is 0 Å². The molecule has 0 fully saturated rings. The van der Waals surface area contributed by atoms with Crippen LogP contribution in [0, 0.1) is 11.6 Å². The Kier molecular flexibility index (Phi) is 4.81. The average molecular weight is 411 g/mol. The smallest absolute Gasteiger partial charge is 0.128 e. The molecule has 19 heavy (non-hydrogen) atoms. The summed E-state index contributed by atoms with van der Waals surface area (Å²) in [6, 6.07) is 7.17. The van der Waals surface area contributed by atoms with Crippen molar-refractivity contribution < 1.29 is 8.78 Å². The third-order valence-corrected chi connectivity index (χ3v) is 3.89. The molecule has 0 bridgehead atoms. The van der Waals surface area contributed by atoms with Gasteiger partial charge in [-0.05, 0) is 46.3 Å². The largest absolute Gasteiger partial charge is 0.379 e. The van der Waals surface area contributed by atoms with E-state index in [0.29, 0.717) is 15.7 Å². The standard InChI is InChI=1S/C13H8Br2ClF2N/c14-8-1-2-12(18)7(3-8)6-19-13-10(15)4-9(17)5-11(13)16/h1-5,19H,6H2. The highest BCUT2D eigenvalue weighted by molar-refractivity contribution is 9.10. The summed E-state index contributed by atoms with van der Waals surface area (Å²) >= 11 is 12.4. The molecular formula is C13H8Br2ClF2N. The van der Waals surface area contributed by atoms with E-state index in [9.17, 15) is 8.78 Å². The maximum atomic E-state index is 13.6. The second-order valence-electron chi connectivity index (χ2n) is 3.83. The van der Waals surface area contributed by atoms with Crippen LogP contribution in [0.4, 0.5) is 14.5 Å². The van der Waals surface area contributed by atoms with E-state index in [1.807, 2.05) is 0 Å². The van der Waals surface area contributed by atoms with Crippen molar-refractivity contribution in [1.29, 1.82) is 0 Å². The lowest BCUT2D eigenvalue weighted by Crippen LogP contribution is -2.03. The van der Waals surface area contributed by atoms with Gasteiger partial charge in [0.05, 0.1) is 10.7 Å². The summed E-state index contributed by atoms with van der Waals surface area (Å²) in [4.78, 5) is 0. The molecule has 2 aromatic rings. The van der Waals surface area contributed by atoms with Gasteiger partial charge in [-0.25, -0.2) is 8.78 Å². The van der Waals surface area contributed by atoms with Crippen LogP contribution in [0.5, 0.6) is 0 Å². The number of benzene rings is 2. The molecule has 0 aliphatic carbocycles. The summed E-state index contributed by atoms with van der Waals surface area (Å²) in [5.74, 6) is -0.749. The van der Waals surface area contributed by atoms with Gasteiger partial charge in [-0.2, -0.15) is 0 Å². The number of rotatable bonds is 3. The highest BCUT2D eigenvalue weighted by Gasteiger charge is 2.09. The zero-order chi connectivity index (χ0) is 14.0. The molecule has 0 radical (unpaired) electrons. The highest BCUT2D eigenvalue weighted by Crippen LogP contribution is 2.32. The fourth-order valence-electron chi connectivity index (χ4n) is 1.57. The molecular weight excluding hydrogens is 403 g/mol. The Morgan fingerprint density at radius 3 is 2.53 bits per heavy atom. The van der Waals surface area contributed by atoms with E-state index in [4.69, 9.17) is 11.6 Å². The third kappa shape index (κ3) is 3.68. The molecule has 0 unspecified atom stereocenters. The molecule has 0 atom stereocenters. The molecule has 0 aliphatic rings. The predicted octanol–water partition coefficient (Wildman–Crippen LogP) is 5.76. The van der Waals surface area contributed by atoms with Gasteiger partial charge in [0.1, 0.15) is 11.6 Å². The number of anilines is 1. The molecule has 6 heteroatoms. The van der Waals surface area contributed by atoms with Gasteiger partial charge in [0, 0.05) is 21.1 Å². The van der Waals surface area contributed by atoms with Gasteiger partial charge in [-0.1, -0.05) is 27.5 Å². The minimum atomic E-state index is -0.434. The zero-order valence-corrected chi connectivity index (χ0v) is 13.4. The van der Waals surface area contributed by atoms with Gasteiger partial charge < -0.3 is 5.32 Å². The molecule has 100 valence electrons. The predicted molar refractivity (Wildman–Crippen MR) is 80.5 cm³/mol. The number of nitrogens with one attached hydrogen (secondary N) is 1. The van der Waals surface area contributed by atoms with Crippen molar-refractivity contribution in [3.05, 3.63) is 61.5 Å². The number of hydrogen-bond acceptors (Lipinski definition) is 1. The molecule has 0 saturated heterocycles. The fraction of sp³-hybridized carbons (Fsp3) is 0.0769. The first-order chi connectivity index (χ1) is 8.97. The summed E-state index contributed by atoms with van der Waals surface area (Å²) < 4.78 is 27.9. The SMILES string of the molecule is Fc1cc(Cl)c(NCc2cc(Br)ccc2F)c(Br)c1. The first-order valence-corrected chi connectivity index (χ1v) is 7.26. The number of halogens is 5. The lowest BCUT2D eigenvalue weighted by atomic mass is 10.2. The molecule has 0 spiro atoms. The van der Waals surface area contributed by atoms with Crippen LogP contribution in [0.3, 0.4) is 0 Å². The molecule has 0 amide bonds. The van der Waals surface area contributed by atoms with E-state index in [-0.39, 0.29) is 17.4 Å². The molecule has 0 aromatic heterocycles. The lowest BCUT2D eigenvalue weighted by Gasteiger charge is -2.11. The van der Waals surface area contributed by atoms with Gasteiger partial charge >= 0.3 is 0 Å². The molecule has 0 saturated carbocycles. The summed E-state index contributed by atoms with van der Waals surface area (Å²) in [5, 5.41) is 3.22. The first-order valence-electron chi connectivity index (χ1n) is 5.29. The van der Waals surface area contributed by atoms with E-state index in [1.165, 1.54) is 18.2 Å². The van der Waals surface area contributed by atoms with Gasteiger partial charge in [-0.3, -0.25) is 0 Å². The maximum Gasteiger partial charge on any atom is 0.128 e. The third-order valence-electron chi connectivity index (χ3n) is 2.47. The normalized spacial score (nSPS) is 10.6. The maximum absolute atomic E-state index is 13.6. The van der Waals surface area contributed by atoms with Gasteiger partial charge in [-0.15, -0.1) is 0 Å². The van der Waals surface area contributed by atoms with Crippen molar-refractivity contribution in [1.82, 2.24) is 0 Å². The second kappa shape index (κ2) is 6.20. The second-order valence-corrected chi connectivity index (χ2v) is 6.01. The van der Waals surface area contributed by atoms with Crippen molar-refractivity contribution in [2.75, 3.05) is 5.32 Å². The Bertz CT molecular complexity index is 597. The van der Waals surface area contributed by atoms with Crippen molar-refractivity contribution in [3.63, 3.8) is 0 Å². The van der Waals surface area contributed by atoms with Crippen LogP contribution in [0.2, 0.25) is 5.02 Å². The van der Waals surface area contributed by atoms with Gasteiger partial charge in [0.25, 0.3) is 0 Å². The van der Waals surface area contributed by atoms with Crippen LogP contribution >= 0.6 is 43.5 Å². The summed E-state index contributed by atoms with van der Waals surface area (Å²) in [5.41, 5.74) is 1.02. The van der Waals surface area contributed by atoms with Crippen LogP contribution < -0.4 is 5.32 Å². The molecule has 2 aromatic carbocycles. The first kappa shape index (κ1) is 14.8. The Morgan fingerprint density at radius 1 is 1.11 bits per heavy atom. The molecule has 0 aliphatic heterocycles. The number of hydrogen-bond donors (Lipinski definition) is 1. The summed E-state index contributed by atoms with van der Waals surface area (Å²) in [6.07, 6.45) is 0. The van der Waals surface area contributed by atoms with Crippen molar-refractivity contribution >= 4 is 49.1 Å². The zero-order valence-electron chi connectivity index (χ0n) is 9.48. The Morgan fingerprint density at radius 2 is 1.84 bits per heavy atom. The van der Waals surface area contributed by atoms with Gasteiger partial charge in [0.2, 0.25) is 0 Å². The molecule has 1 nitrogen and oxygen atoms in total. The Labute approximate surface area is 131 Å². The van der Waals surface area contributed by atoms with E-state index in [2.05, 4.69) is 37.2 Å². The quantitative estimate of drug-likeness (QED) is 0.678. The topological polar surface area (TPSA) is 12.0 Å². The summed E-state index contributed by atoms with van der Waals surface area (Å²) in [7, 11) is 0. The van der Waals surface area contributed by atoms with Crippen molar-refractivity contribution in [2.45, 2.75) is 6.54 Å². The minimum Gasteiger partial charge on any atom is -0.379 e.